The van der Waals surface area contributed by atoms with E-state index in [4.69, 9.17) is 4.74 Å². The predicted molar refractivity (Wildman–Crippen MR) is 150 cm³/mol. The van der Waals surface area contributed by atoms with Crippen LogP contribution in [-0.2, 0) is 19.1 Å². The van der Waals surface area contributed by atoms with Crippen LogP contribution in [0.25, 0.3) is 0 Å². The molecule has 2 fully saturated rings. The molecule has 6 atom stereocenters. The van der Waals surface area contributed by atoms with Gasteiger partial charge in [0.15, 0.2) is 0 Å². The molecule has 0 saturated carbocycles. The summed E-state index contributed by atoms with van der Waals surface area (Å²) in [7, 11) is 0. The van der Waals surface area contributed by atoms with Gasteiger partial charge in [-0.15, -0.1) is 11.8 Å². The minimum absolute atomic E-state index is 0.210. The Hall–Kier alpha value is -3.36. The number of carbonyl (C=O) groups excluding carboxylic acids is 3. The van der Waals surface area contributed by atoms with Crippen LogP contribution in [0, 0.1) is 25.7 Å². The molecular weight excluding hydrogens is 512 g/mol. The zero-order chi connectivity index (χ0) is 27.3. The number of carbonyl (C=O) groups is 3. The van der Waals surface area contributed by atoms with Crippen molar-refractivity contribution in [1.82, 2.24) is 4.90 Å². The predicted octanol–water partition coefficient (Wildman–Crippen LogP) is 3.74. The molecule has 2 amide bonds. The minimum atomic E-state index is -0.980. The normalized spacial score (nSPS) is 30.7. The fourth-order valence-electron chi connectivity index (χ4n) is 6.64. The summed E-state index contributed by atoms with van der Waals surface area (Å²) in [5, 5.41) is 10.4. The van der Waals surface area contributed by atoms with E-state index in [1.807, 2.05) is 86.7 Å². The average molecular weight is 545 g/mol. The van der Waals surface area contributed by atoms with Crippen LogP contribution in [0.5, 0.6) is 0 Å². The number of nitrogens with zero attached hydrogens (tertiary/aromatic N) is 2. The van der Waals surface area contributed by atoms with Gasteiger partial charge in [0, 0.05) is 17.5 Å². The number of thioether (sulfide) groups is 1. The molecule has 0 radical (unpaired) electrons. The summed E-state index contributed by atoms with van der Waals surface area (Å²) < 4.78 is 4.59. The van der Waals surface area contributed by atoms with Gasteiger partial charge in [-0.2, -0.15) is 0 Å². The summed E-state index contributed by atoms with van der Waals surface area (Å²) in [5.41, 5.74) is 3.53. The van der Waals surface area contributed by atoms with E-state index in [0.29, 0.717) is 13.0 Å². The molecule has 4 heterocycles. The number of hydrogen-bond acceptors (Lipinski definition) is 6. The first-order chi connectivity index (χ1) is 18.9. The van der Waals surface area contributed by atoms with E-state index in [-0.39, 0.29) is 30.3 Å². The molecule has 7 nitrogen and oxygen atoms in total. The van der Waals surface area contributed by atoms with Crippen LogP contribution in [0.1, 0.15) is 29.2 Å². The molecule has 4 aliphatic heterocycles. The van der Waals surface area contributed by atoms with Crippen LogP contribution in [0.3, 0.4) is 0 Å². The number of ether oxygens (including phenoxy) is 1. The SMILES string of the molecule is Cc1ccc(C)c(N2CC=C[C@]34S[C@@H]5C=CCCOC(=O)[C@@H]5[C@H]3C(=O)N([C@H](CO)c3ccccc3)C4C2=O)c1. The summed E-state index contributed by atoms with van der Waals surface area (Å²) in [6.45, 7) is 4.23. The Morgan fingerprint density at radius 3 is 2.64 bits per heavy atom. The molecule has 1 unspecified atom stereocenters. The molecule has 1 spiro atoms. The Morgan fingerprint density at radius 2 is 1.87 bits per heavy atom. The number of aliphatic hydroxyl groups excluding tert-OH is 1. The average Bonchev–Trinajstić information content (AvgIpc) is 3.30. The quantitative estimate of drug-likeness (QED) is 0.466. The van der Waals surface area contributed by atoms with Crippen molar-refractivity contribution in [2.75, 3.05) is 24.7 Å². The topological polar surface area (TPSA) is 87.2 Å². The highest BCUT2D eigenvalue weighted by atomic mass is 32.2. The summed E-state index contributed by atoms with van der Waals surface area (Å²) in [5.74, 6) is -2.41. The summed E-state index contributed by atoms with van der Waals surface area (Å²) in [6, 6.07) is 13.7. The molecule has 202 valence electrons. The second-order valence-corrected chi connectivity index (χ2v) is 12.2. The maximum Gasteiger partial charge on any atom is 0.311 e. The van der Waals surface area contributed by atoms with E-state index in [9.17, 15) is 19.5 Å². The minimum Gasteiger partial charge on any atom is -0.465 e. The zero-order valence-corrected chi connectivity index (χ0v) is 22.8. The van der Waals surface area contributed by atoms with Crippen molar-refractivity contribution in [3.63, 3.8) is 0 Å². The third-order valence-corrected chi connectivity index (χ3v) is 10.2. The molecule has 0 bridgehead atoms. The van der Waals surface area contributed by atoms with Gasteiger partial charge in [-0.3, -0.25) is 14.4 Å². The van der Waals surface area contributed by atoms with Crippen molar-refractivity contribution in [1.29, 1.82) is 0 Å². The molecule has 2 aromatic carbocycles. The van der Waals surface area contributed by atoms with Gasteiger partial charge in [0.25, 0.3) is 5.91 Å². The fourth-order valence-corrected chi connectivity index (χ4v) is 8.63. The highest BCUT2D eigenvalue weighted by Gasteiger charge is 2.72. The van der Waals surface area contributed by atoms with Gasteiger partial charge in [0.2, 0.25) is 5.91 Å². The number of benzene rings is 2. The first kappa shape index (κ1) is 25.9. The van der Waals surface area contributed by atoms with Gasteiger partial charge < -0.3 is 19.6 Å². The van der Waals surface area contributed by atoms with Crippen LogP contribution in [0.15, 0.2) is 72.8 Å². The van der Waals surface area contributed by atoms with Gasteiger partial charge in [0.1, 0.15) is 6.04 Å². The number of amides is 2. The third kappa shape index (κ3) is 4.03. The summed E-state index contributed by atoms with van der Waals surface area (Å²) in [6.07, 6.45) is 8.56. The fraction of sp³-hybridized carbons (Fsp3) is 0.387. The Morgan fingerprint density at radius 1 is 1.08 bits per heavy atom. The maximum atomic E-state index is 14.7. The number of esters is 1. The lowest BCUT2D eigenvalue weighted by atomic mass is 9.78. The van der Waals surface area contributed by atoms with Crippen LogP contribution >= 0.6 is 11.8 Å². The van der Waals surface area contributed by atoms with Crippen molar-refractivity contribution < 1.29 is 24.2 Å². The smallest absolute Gasteiger partial charge is 0.311 e. The number of anilines is 1. The molecule has 2 saturated heterocycles. The molecule has 0 aliphatic carbocycles. The van der Waals surface area contributed by atoms with Crippen LogP contribution in [0.4, 0.5) is 5.69 Å². The largest absolute Gasteiger partial charge is 0.465 e. The van der Waals surface area contributed by atoms with Gasteiger partial charge in [0.05, 0.1) is 35.8 Å². The molecule has 6 rings (SSSR count). The van der Waals surface area contributed by atoms with E-state index in [1.54, 1.807) is 9.80 Å². The van der Waals surface area contributed by atoms with Crippen molar-refractivity contribution in [2.24, 2.45) is 11.8 Å². The van der Waals surface area contributed by atoms with Crippen molar-refractivity contribution >= 4 is 35.2 Å². The number of cyclic esters (lactones) is 1. The zero-order valence-electron chi connectivity index (χ0n) is 22.0. The Kier molecular flexibility index (Phi) is 6.63. The molecule has 39 heavy (non-hydrogen) atoms. The summed E-state index contributed by atoms with van der Waals surface area (Å²) >= 11 is 1.51. The lowest BCUT2D eigenvalue weighted by Crippen LogP contribution is -2.54. The highest BCUT2D eigenvalue weighted by Crippen LogP contribution is 2.62. The first-order valence-electron chi connectivity index (χ1n) is 13.4. The summed E-state index contributed by atoms with van der Waals surface area (Å²) in [4.78, 5) is 45.9. The van der Waals surface area contributed by atoms with Gasteiger partial charge in [-0.1, -0.05) is 66.8 Å². The second-order valence-electron chi connectivity index (χ2n) is 10.7. The molecule has 8 heteroatoms. The molecule has 0 aromatic heterocycles. The number of fused-ring (bicyclic) bond motifs is 2. The second kappa shape index (κ2) is 9.99. The third-order valence-electron chi connectivity index (χ3n) is 8.41. The van der Waals surface area contributed by atoms with E-state index in [0.717, 1.165) is 22.4 Å². The monoisotopic (exact) mass is 544 g/mol. The van der Waals surface area contributed by atoms with E-state index in [2.05, 4.69) is 0 Å². The molecule has 1 N–H and O–H groups in total. The molecule has 2 aromatic rings. The van der Waals surface area contributed by atoms with E-state index in [1.165, 1.54) is 11.8 Å². The van der Waals surface area contributed by atoms with Crippen LogP contribution in [-0.4, -0.2) is 63.6 Å². The van der Waals surface area contributed by atoms with Crippen LogP contribution in [0.2, 0.25) is 0 Å². The van der Waals surface area contributed by atoms with Crippen molar-refractivity contribution in [3.05, 3.63) is 89.5 Å². The number of rotatable bonds is 4. The maximum absolute atomic E-state index is 14.7. The van der Waals surface area contributed by atoms with Gasteiger partial charge in [-0.25, -0.2) is 0 Å². The van der Waals surface area contributed by atoms with Crippen molar-refractivity contribution in [2.45, 2.75) is 42.3 Å². The lowest BCUT2D eigenvalue weighted by molar-refractivity contribution is -0.153. The number of aryl methyl sites for hydroxylation is 2. The van der Waals surface area contributed by atoms with Crippen molar-refractivity contribution in [3.8, 4) is 0 Å². The van der Waals surface area contributed by atoms with E-state index >= 15 is 0 Å². The number of likely N-dealkylation sites (tertiary alicyclic amines) is 1. The standard InChI is InChI=1S/C31H32N2O5S/c1-19-12-13-20(2)22(17-19)32-15-8-14-31-26(25-24(39-31)11-6-7-16-38-30(25)37)28(35)33(27(31)29(32)36)23(18-34)21-9-4-3-5-10-21/h3-6,8-14,17,23-27,34H,7,15-16,18H2,1-2H3/t23-,24-,25+,26+,27?,31+/m1/s1. The Balaban J connectivity index is 1.53. The Bertz CT molecular complexity index is 1370. The Labute approximate surface area is 232 Å². The highest BCUT2D eigenvalue weighted by molar-refractivity contribution is 8.02. The first-order valence-corrected chi connectivity index (χ1v) is 14.3. The van der Waals surface area contributed by atoms with Gasteiger partial charge in [-0.05, 0) is 43.0 Å². The number of hydrogen-bond donors (Lipinski definition) is 1. The molecular formula is C31H32N2O5S. The van der Waals surface area contributed by atoms with Gasteiger partial charge >= 0.3 is 5.97 Å². The molecule has 4 aliphatic rings. The van der Waals surface area contributed by atoms with Crippen LogP contribution < -0.4 is 4.90 Å². The lowest BCUT2D eigenvalue weighted by Gasteiger charge is -2.39. The van der Waals surface area contributed by atoms with E-state index < -0.39 is 34.6 Å². The number of aliphatic hydroxyl groups is 1.